The Hall–Kier alpha value is -3.29. The smallest absolute Gasteiger partial charge is 0.416 e. The molecule has 1 saturated heterocycles. The predicted octanol–water partition coefficient (Wildman–Crippen LogP) is 4.50. The Balaban J connectivity index is 1.46. The number of ether oxygens (including phenoxy) is 1. The van der Waals surface area contributed by atoms with Gasteiger partial charge < -0.3 is 15.0 Å². The number of hydrogen-bond donors (Lipinski definition) is 1. The van der Waals surface area contributed by atoms with E-state index in [1.165, 1.54) is 31.1 Å². The van der Waals surface area contributed by atoms with Gasteiger partial charge in [-0.25, -0.2) is 4.79 Å². The number of hydrogen-bond acceptors (Lipinski definition) is 4. The maximum atomic E-state index is 12.7. The Morgan fingerprint density at radius 1 is 1.07 bits per heavy atom. The highest BCUT2D eigenvalue weighted by Gasteiger charge is 2.30. The van der Waals surface area contributed by atoms with E-state index in [9.17, 15) is 22.8 Å². The lowest BCUT2D eigenvalue weighted by atomic mass is 10.1. The van der Waals surface area contributed by atoms with Gasteiger partial charge in [-0.05, 0) is 60.9 Å². The summed E-state index contributed by atoms with van der Waals surface area (Å²) in [6.45, 7) is 1.55. The van der Waals surface area contributed by atoms with Crippen LogP contribution in [0.15, 0.2) is 54.6 Å². The minimum Gasteiger partial charge on any atom is -0.452 e. The molecule has 2 aromatic carbocycles. The molecular formula is C22H21F3N2O3. The lowest BCUT2D eigenvalue weighted by Crippen LogP contribution is -2.20. The van der Waals surface area contributed by atoms with Crippen LogP contribution in [-0.2, 0) is 20.5 Å². The lowest BCUT2D eigenvalue weighted by molar-refractivity contribution is -0.142. The summed E-state index contributed by atoms with van der Waals surface area (Å²) in [6, 6.07) is 11.9. The standard InChI is InChI=1S/C22H21F3N2O3/c23-22(24,25)17-5-3-4-16(14-17)6-11-21(29)30-15-20(28)26-18-7-9-19(10-8-18)27-12-1-2-13-27/h3-11,14H,1-2,12-13,15H2,(H,26,28)/b11-6+. The van der Waals surface area contributed by atoms with Crippen molar-refractivity contribution in [2.75, 3.05) is 29.9 Å². The van der Waals surface area contributed by atoms with Crippen LogP contribution in [0.25, 0.3) is 6.08 Å². The molecule has 8 heteroatoms. The number of alkyl halides is 3. The molecule has 1 aliphatic rings. The molecule has 0 aliphatic carbocycles. The van der Waals surface area contributed by atoms with E-state index in [-0.39, 0.29) is 5.56 Å². The fourth-order valence-electron chi connectivity index (χ4n) is 3.10. The second kappa shape index (κ2) is 9.47. The van der Waals surface area contributed by atoms with Crippen molar-refractivity contribution in [3.63, 3.8) is 0 Å². The number of amides is 1. The van der Waals surface area contributed by atoms with Crippen LogP contribution in [-0.4, -0.2) is 31.6 Å². The van der Waals surface area contributed by atoms with Crippen LogP contribution in [0.1, 0.15) is 24.0 Å². The molecule has 3 rings (SSSR count). The maximum absolute atomic E-state index is 12.7. The van der Waals surface area contributed by atoms with Gasteiger partial charge in [-0.1, -0.05) is 12.1 Å². The molecule has 5 nitrogen and oxygen atoms in total. The van der Waals surface area contributed by atoms with Crippen molar-refractivity contribution in [2.45, 2.75) is 19.0 Å². The highest BCUT2D eigenvalue weighted by molar-refractivity contribution is 5.94. The number of anilines is 2. The topological polar surface area (TPSA) is 58.6 Å². The molecule has 0 saturated carbocycles. The van der Waals surface area contributed by atoms with E-state index in [2.05, 4.69) is 10.2 Å². The molecule has 158 valence electrons. The summed E-state index contributed by atoms with van der Waals surface area (Å²) in [7, 11) is 0. The normalized spacial score (nSPS) is 14.2. The molecule has 0 atom stereocenters. The van der Waals surface area contributed by atoms with Crippen LogP contribution in [0.4, 0.5) is 24.5 Å². The molecule has 0 radical (unpaired) electrons. The first-order chi connectivity index (χ1) is 14.3. The SMILES string of the molecule is O=C(COC(=O)/C=C/c1cccc(C(F)(F)F)c1)Nc1ccc(N2CCCC2)cc1. The van der Waals surface area contributed by atoms with Crippen molar-refractivity contribution < 1.29 is 27.5 Å². The molecule has 0 spiro atoms. The zero-order chi connectivity index (χ0) is 21.6. The van der Waals surface area contributed by atoms with Gasteiger partial charge in [0.25, 0.3) is 5.91 Å². The third-order valence-corrected chi connectivity index (χ3v) is 4.59. The number of carbonyl (C=O) groups is 2. The van der Waals surface area contributed by atoms with E-state index in [4.69, 9.17) is 4.74 Å². The first-order valence-corrected chi connectivity index (χ1v) is 9.48. The number of benzene rings is 2. The monoisotopic (exact) mass is 418 g/mol. The predicted molar refractivity (Wildman–Crippen MR) is 108 cm³/mol. The maximum Gasteiger partial charge on any atom is 0.416 e. The van der Waals surface area contributed by atoms with E-state index in [1.807, 2.05) is 12.1 Å². The molecule has 2 aromatic rings. The zero-order valence-corrected chi connectivity index (χ0v) is 16.1. The summed E-state index contributed by atoms with van der Waals surface area (Å²) in [5.74, 6) is -1.34. The first-order valence-electron chi connectivity index (χ1n) is 9.48. The summed E-state index contributed by atoms with van der Waals surface area (Å²) in [5, 5.41) is 2.63. The molecule has 1 heterocycles. The number of esters is 1. The summed E-state index contributed by atoms with van der Waals surface area (Å²) < 4.78 is 42.9. The van der Waals surface area contributed by atoms with E-state index in [0.29, 0.717) is 5.69 Å². The number of halogens is 3. The van der Waals surface area contributed by atoms with Gasteiger partial charge in [0.05, 0.1) is 5.56 Å². The summed E-state index contributed by atoms with van der Waals surface area (Å²) >= 11 is 0. The fraction of sp³-hybridized carbons (Fsp3) is 0.273. The fourth-order valence-corrected chi connectivity index (χ4v) is 3.10. The van der Waals surface area contributed by atoms with E-state index < -0.39 is 30.2 Å². The Labute approximate surface area is 172 Å². The lowest BCUT2D eigenvalue weighted by Gasteiger charge is -2.17. The Bertz CT molecular complexity index is 918. The van der Waals surface area contributed by atoms with Crippen molar-refractivity contribution in [3.8, 4) is 0 Å². The molecule has 1 fully saturated rings. The average Bonchev–Trinajstić information content (AvgIpc) is 3.26. The Morgan fingerprint density at radius 3 is 2.43 bits per heavy atom. The largest absolute Gasteiger partial charge is 0.452 e. The third kappa shape index (κ3) is 6.10. The van der Waals surface area contributed by atoms with Gasteiger partial charge >= 0.3 is 12.1 Å². The van der Waals surface area contributed by atoms with Crippen molar-refractivity contribution >= 4 is 29.3 Å². The molecule has 0 bridgehead atoms. The van der Waals surface area contributed by atoms with Gasteiger partial charge in [0.15, 0.2) is 6.61 Å². The minimum absolute atomic E-state index is 0.198. The van der Waals surface area contributed by atoms with Crippen LogP contribution in [0.5, 0.6) is 0 Å². The summed E-state index contributed by atoms with van der Waals surface area (Å²) in [4.78, 5) is 25.9. The highest BCUT2D eigenvalue weighted by Crippen LogP contribution is 2.29. The van der Waals surface area contributed by atoms with Crippen molar-refractivity contribution in [3.05, 3.63) is 65.7 Å². The average molecular weight is 418 g/mol. The number of carbonyl (C=O) groups excluding carboxylic acids is 2. The van der Waals surface area contributed by atoms with Crippen molar-refractivity contribution in [2.24, 2.45) is 0 Å². The van der Waals surface area contributed by atoms with Crippen molar-refractivity contribution in [1.29, 1.82) is 0 Å². The van der Waals surface area contributed by atoms with Gasteiger partial charge in [0.2, 0.25) is 0 Å². The minimum atomic E-state index is -4.46. The third-order valence-electron chi connectivity index (χ3n) is 4.59. The Kier molecular flexibility index (Phi) is 6.76. The molecular weight excluding hydrogens is 397 g/mol. The quantitative estimate of drug-likeness (QED) is 0.554. The number of rotatable bonds is 6. The Morgan fingerprint density at radius 2 is 1.77 bits per heavy atom. The van der Waals surface area contributed by atoms with Gasteiger partial charge in [-0.15, -0.1) is 0 Å². The highest BCUT2D eigenvalue weighted by atomic mass is 19.4. The van der Waals surface area contributed by atoms with E-state index in [0.717, 1.165) is 37.0 Å². The van der Waals surface area contributed by atoms with Crippen LogP contribution < -0.4 is 10.2 Å². The zero-order valence-electron chi connectivity index (χ0n) is 16.1. The number of nitrogens with one attached hydrogen (secondary N) is 1. The molecule has 30 heavy (non-hydrogen) atoms. The van der Waals surface area contributed by atoms with E-state index in [1.54, 1.807) is 12.1 Å². The van der Waals surface area contributed by atoms with Crippen LogP contribution in [0.2, 0.25) is 0 Å². The molecule has 0 unspecified atom stereocenters. The van der Waals surface area contributed by atoms with Crippen LogP contribution in [0, 0.1) is 0 Å². The molecule has 1 aliphatic heterocycles. The second-order valence-corrected chi connectivity index (χ2v) is 6.85. The first kappa shape index (κ1) is 21.4. The second-order valence-electron chi connectivity index (χ2n) is 6.85. The van der Waals surface area contributed by atoms with Crippen LogP contribution in [0.3, 0.4) is 0 Å². The summed E-state index contributed by atoms with van der Waals surface area (Å²) in [5.41, 5.74) is 1.06. The molecule has 1 amide bonds. The molecule has 0 aromatic heterocycles. The van der Waals surface area contributed by atoms with Gasteiger partial charge in [-0.2, -0.15) is 13.2 Å². The van der Waals surface area contributed by atoms with Crippen LogP contribution >= 0.6 is 0 Å². The number of nitrogens with zero attached hydrogens (tertiary/aromatic N) is 1. The summed E-state index contributed by atoms with van der Waals surface area (Å²) in [6.07, 6.45) is 0.0629. The van der Waals surface area contributed by atoms with Gasteiger partial charge in [0, 0.05) is 30.5 Å². The van der Waals surface area contributed by atoms with Crippen molar-refractivity contribution in [1.82, 2.24) is 0 Å². The van der Waals surface area contributed by atoms with Gasteiger partial charge in [0.1, 0.15) is 0 Å². The van der Waals surface area contributed by atoms with E-state index >= 15 is 0 Å². The molecule has 1 N–H and O–H groups in total. The van der Waals surface area contributed by atoms with Gasteiger partial charge in [-0.3, -0.25) is 4.79 Å².